The molecule has 1 fully saturated rings. The summed E-state index contributed by atoms with van der Waals surface area (Å²) >= 11 is 0. The Bertz CT molecular complexity index is 1120. The van der Waals surface area contributed by atoms with Gasteiger partial charge in [0.25, 0.3) is 11.6 Å². The van der Waals surface area contributed by atoms with E-state index in [1.54, 1.807) is 21.9 Å². The molecule has 7 nitrogen and oxygen atoms in total. The molecule has 0 unspecified atom stereocenters. The van der Waals surface area contributed by atoms with Gasteiger partial charge in [-0.05, 0) is 24.3 Å². The van der Waals surface area contributed by atoms with Gasteiger partial charge in [0.1, 0.15) is 0 Å². The summed E-state index contributed by atoms with van der Waals surface area (Å²) in [4.78, 5) is 29.8. The fraction of sp³-hybridized carbons (Fsp3) is 0.250. The first kappa shape index (κ1) is 19.7. The molecule has 0 saturated carbocycles. The van der Waals surface area contributed by atoms with Crippen LogP contribution in [0.2, 0.25) is 0 Å². The van der Waals surface area contributed by atoms with Crippen LogP contribution in [0.15, 0.2) is 48.7 Å². The van der Waals surface area contributed by atoms with E-state index in [9.17, 15) is 28.1 Å². The second-order valence-electron chi connectivity index (χ2n) is 7.02. The molecule has 0 bridgehead atoms. The number of nitro benzene ring substituents is 1. The van der Waals surface area contributed by atoms with Crippen LogP contribution in [0.3, 0.4) is 0 Å². The van der Waals surface area contributed by atoms with Crippen molar-refractivity contribution >= 4 is 28.2 Å². The first-order valence-electron chi connectivity index (χ1n) is 9.21. The molecule has 1 saturated heterocycles. The maximum Gasteiger partial charge on any atom is 0.416 e. The number of H-pyrrole nitrogens is 1. The van der Waals surface area contributed by atoms with Gasteiger partial charge < -0.3 is 14.8 Å². The number of nitrogens with one attached hydrogen (secondary N) is 1. The Morgan fingerprint density at radius 1 is 1.07 bits per heavy atom. The second-order valence-corrected chi connectivity index (χ2v) is 7.02. The molecule has 4 rings (SSSR count). The fourth-order valence-electron chi connectivity index (χ4n) is 3.62. The summed E-state index contributed by atoms with van der Waals surface area (Å²) in [5.41, 5.74) is 0.594. The number of hydrogen-bond donors (Lipinski definition) is 1. The third-order valence-corrected chi connectivity index (χ3v) is 5.21. The maximum atomic E-state index is 13.0. The lowest BCUT2D eigenvalue weighted by Crippen LogP contribution is -2.48. The van der Waals surface area contributed by atoms with E-state index in [2.05, 4.69) is 4.98 Å². The van der Waals surface area contributed by atoms with Crippen LogP contribution >= 0.6 is 0 Å². The predicted octanol–water partition coefficient (Wildman–Crippen LogP) is 4.06. The van der Waals surface area contributed by atoms with Crippen LogP contribution in [0.5, 0.6) is 0 Å². The molecule has 0 atom stereocenters. The van der Waals surface area contributed by atoms with E-state index in [1.807, 2.05) is 0 Å². The summed E-state index contributed by atoms with van der Waals surface area (Å²) in [6.45, 7) is 1.43. The number of halogens is 3. The highest BCUT2D eigenvalue weighted by atomic mass is 19.4. The van der Waals surface area contributed by atoms with Crippen molar-refractivity contribution in [3.05, 3.63) is 69.9 Å². The van der Waals surface area contributed by atoms with E-state index in [-0.39, 0.29) is 11.6 Å². The quantitative estimate of drug-likeness (QED) is 0.514. The predicted molar refractivity (Wildman–Crippen MR) is 105 cm³/mol. The number of nitrogens with zero attached hydrogens (tertiary/aromatic N) is 3. The maximum absolute atomic E-state index is 13.0. The molecule has 2 heterocycles. The molecule has 1 N–H and O–H groups in total. The zero-order valence-electron chi connectivity index (χ0n) is 15.6. The Hall–Kier alpha value is -3.56. The van der Waals surface area contributed by atoms with Crippen molar-refractivity contribution in [1.82, 2.24) is 9.88 Å². The lowest BCUT2D eigenvalue weighted by molar-refractivity contribution is -0.384. The van der Waals surface area contributed by atoms with Gasteiger partial charge in [-0.15, -0.1) is 0 Å². The molecule has 1 aliphatic heterocycles. The summed E-state index contributed by atoms with van der Waals surface area (Å²) in [5.74, 6) is -0.273. The number of hydrogen-bond acceptors (Lipinski definition) is 4. The van der Waals surface area contributed by atoms with E-state index in [0.717, 1.165) is 12.1 Å². The Balaban J connectivity index is 1.50. The Labute approximate surface area is 168 Å². The van der Waals surface area contributed by atoms with Crippen molar-refractivity contribution in [1.29, 1.82) is 0 Å². The lowest BCUT2D eigenvalue weighted by Gasteiger charge is -2.36. The molecule has 2 aromatic carbocycles. The monoisotopic (exact) mass is 418 g/mol. The SMILES string of the molecule is O=C(c1c[nH]c2ccc([N+](=O)[O-])cc12)N1CCN(c2cccc(C(F)(F)F)c2)CC1. The van der Waals surface area contributed by atoms with E-state index in [1.165, 1.54) is 24.4 Å². The number of fused-ring (bicyclic) bond motifs is 1. The van der Waals surface area contributed by atoms with Gasteiger partial charge in [0.2, 0.25) is 0 Å². The first-order valence-corrected chi connectivity index (χ1v) is 9.21. The van der Waals surface area contributed by atoms with E-state index < -0.39 is 16.7 Å². The number of benzene rings is 2. The summed E-state index contributed by atoms with van der Waals surface area (Å²) < 4.78 is 38.8. The molecule has 1 aliphatic rings. The minimum absolute atomic E-state index is 0.106. The van der Waals surface area contributed by atoms with Gasteiger partial charge in [0, 0.05) is 61.1 Å². The van der Waals surface area contributed by atoms with Gasteiger partial charge in [-0.3, -0.25) is 14.9 Å². The number of carbonyl (C=O) groups excluding carboxylic acids is 1. The van der Waals surface area contributed by atoms with Crippen LogP contribution in [0.25, 0.3) is 10.9 Å². The summed E-state index contributed by atoms with van der Waals surface area (Å²) in [6, 6.07) is 9.39. The second kappa shape index (κ2) is 7.36. The molecular formula is C20H17F3N4O3. The molecule has 10 heteroatoms. The Morgan fingerprint density at radius 3 is 2.47 bits per heavy atom. The Morgan fingerprint density at radius 2 is 1.80 bits per heavy atom. The average Bonchev–Trinajstić information content (AvgIpc) is 3.16. The van der Waals surface area contributed by atoms with Crippen LogP contribution in [0.4, 0.5) is 24.5 Å². The van der Waals surface area contributed by atoms with E-state index in [0.29, 0.717) is 48.3 Å². The number of non-ortho nitro benzene ring substituents is 1. The van der Waals surface area contributed by atoms with Crippen molar-refractivity contribution in [2.75, 3.05) is 31.1 Å². The van der Waals surface area contributed by atoms with Crippen LogP contribution in [0.1, 0.15) is 15.9 Å². The van der Waals surface area contributed by atoms with Crippen molar-refractivity contribution in [3.63, 3.8) is 0 Å². The third-order valence-electron chi connectivity index (χ3n) is 5.21. The minimum Gasteiger partial charge on any atom is -0.368 e. The summed E-state index contributed by atoms with van der Waals surface area (Å²) in [7, 11) is 0. The van der Waals surface area contributed by atoms with Gasteiger partial charge in [-0.25, -0.2) is 0 Å². The average molecular weight is 418 g/mol. The smallest absolute Gasteiger partial charge is 0.368 e. The normalized spacial score (nSPS) is 14.9. The molecule has 3 aromatic rings. The molecule has 0 spiro atoms. The van der Waals surface area contributed by atoms with E-state index in [4.69, 9.17) is 0 Å². The van der Waals surface area contributed by atoms with Gasteiger partial charge in [-0.2, -0.15) is 13.2 Å². The Kier molecular flexibility index (Phi) is 4.84. The number of nitro groups is 1. The van der Waals surface area contributed by atoms with Crippen LogP contribution in [-0.2, 0) is 6.18 Å². The number of alkyl halides is 3. The fourth-order valence-corrected chi connectivity index (χ4v) is 3.62. The molecule has 0 aliphatic carbocycles. The molecule has 1 aromatic heterocycles. The first-order chi connectivity index (χ1) is 14.2. The lowest BCUT2D eigenvalue weighted by atomic mass is 10.1. The summed E-state index contributed by atoms with van der Waals surface area (Å²) in [5, 5.41) is 11.5. The zero-order valence-corrected chi connectivity index (χ0v) is 15.6. The molecular weight excluding hydrogens is 401 g/mol. The van der Waals surface area contributed by atoms with Crippen molar-refractivity contribution in [2.45, 2.75) is 6.18 Å². The third kappa shape index (κ3) is 3.68. The molecule has 1 amide bonds. The molecule has 30 heavy (non-hydrogen) atoms. The number of aromatic amines is 1. The molecule has 156 valence electrons. The standard InChI is InChI=1S/C20H17F3N4O3/c21-20(22,23)13-2-1-3-14(10-13)25-6-8-26(9-7-25)19(28)17-12-24-18-5-4-15(27(29)30)11-16(17)18/h1-5,10-12,24H,6-9H2. The van der Waals surface area contributed by atoms with Crippen LogP contribution < -0.4 is 4.90 Å². The van der Waals surface area contributed by atoms with Crippen LogP contribution in [0, 0.1) is 10.1 Å². The van der Waals surface area contributed by atoms with E-state index >= 15 is 0 Å². The van der Waals surface area contributed by atoms with Crippen LogP contribution in [-0.4, -0.2) is 46.9 Å². The topological polar surface area (TPSA) is 82.5 Å². The van der Waals surface area contributed by atoms with Gasteiger partial charge >= 0.3 is 6.18 Å². The number of rotatable bonds is 3. The summed E-state index contributed by atoms with van der Waals surface area (Å²) in [6.07, 6.45) is -2.89. The highest BCUT2D eigenvalue weighted by Gasteiger charge is 2.31. The van der Waals surface area contributed by atoms with Gasteiger partial charge in [0.05, 0.1) is 16.1 Å². The number of amides is 1. The number of anilines is 1. The number of carbonyl (C=O) groups is 1. The number of piperazine rings is 1. The highest BCUT2D eigenvalue weighted by molar-refractivity contribution is 6.07. The zero-order chi connectivity index (χ0) is 21.5. The van der Waals surface area contributed by atoms with Crippen molar-refractivity contribution in [3.8, 4) is 0 Å². The number of aromatic nitrogens is 1. The largest absolute Gasteiger partial charge is 0.416 e. The molecule has 0 radical (unpaired) electrons. The highest BCUT2D eigenvalue weighted by Crippen LogP contribution is 2.32. The van der Waals surface area contributed by atoms with Gasteiger partial charge in [0.15, 0.2) is 0 Å². The minimum atomic E-state index is -4.41. The van der Waals surface area contributed by atoms with Crippen molar-refractivity contribution < 1.29 is 22.9 Å². The van der Waals surface area contributed by atoms with Gasteiger partial charge in [-0.1, -0.05) is 6.07 Å². The van der Waals surface area contributed by atoms with Crippen molar-refractivity contribution in [2.24, 2.45) is 0 Å².